The maximum absolute atomic E-state index is 12.7. The number of halogens is 3. The SMILES string of the molecule is CCn1ncc(Br)c1CNC(=O)C(C)n1nc(C(F)F)cc1C. The second kappa shape index (κ2) is 7.20. The Morgan fingerprint density at radius 1 is 1.48 bits per heavy atom. The van der Waals surface area contributed by atoms with Crippen molar-refractivity contribution < 1.29 is 13.6 Å². The summed E-state index contributed by atoms with van der Waals surface area (Å²) in [4.78, 5) is 12.3. The third-order valence-electron chi connectivity index (χ3n) is 3.54. The van der Waals surface area contributed by atoms with E-state index in [1.807, 2.05) is 6.92 Å². The van der Waals surface area contributed by atoms with Crippen LogP contribution in [0.5, 0.6) is 0 Å². The number of carbonyl (C=O) groups is 1. The van der Waals surface area contributed by atoms with Gasteiger partial charge in [-0.1, -0.05) is 0 Å². The van der Waals surface area contributed by atoms with Crippen LogP contribution in [0.15, 0.2) is 16.7 Å². The normalized spacial score (nSPS) is 12.7. The van der Waals surface area contributed by atoms with Gasteiger partial charge in [-0.05, 0) is 42.8 Å². The molecular formula is C14H18BrF2N5O. The van der Waals surface area contributed by atoms with Crippen LogP contribution >= 0.6 is 15.9 Å². The van der Waals surface area contributed by atoms with Gasteiger partial charge in [-0.15, -0.1) is 0 Å². The van der Waals surface area contributed by atoms with Gasteiger partial charge < -0.3 is 5.32 Å². The van der Waals surface area contributed by atoms with Crippen molar-refractivity contribution in [3.8, 4) is 0 Å². The minimum absolute atomic E-state index is 0.291. The highest BCUT2D eigenvalue weighted by molar-refractivity contribution is 9.10. The second-order valence-corrected chi connectivity index (χ2v) is 5.96. The molecule has 0 fully saturated rings. The van der Waals surface area contributed by atoms with Crippen LogP contribution in [0.4, 0.5) is 8.78 Å². The van der Waals surface area contributed by atoms with Crippen molar-refractivity contribution >= 4 is 21.8 Å². The molecule has 2 aromatic heterocycles. The maximum Gasteiger partial charge on any atom is 0.282 e. The fraction of sp³-hybridized carbons (Fsp3) is 0.500. The van der Waals surface area contributed by atoms with Gasteiger partial charge >= 0.3 is 0 Å². The zero-order valence-corrected chi connectivity index (χ0v) is 14.6. The van der Waals surface area contributed by atoms with Gasteiger partial charge in [0.1, 0.15) is 11.7 Å². The van der Waals surface area contributed by atoms with Crippen LogP contribution in [0.1, 0.15) is 43.4 Å². The Morgan fingerprint density at radius 2 is 2.17 bits per heavy atom. The van der Waals surface area contributed by atoms with Gasteiger partial charge in [-0.25, -0.2) is 8.78 Å². The van der Waals surface area contributed by atoms with Crippen molar-refractivity contribution in [3.63, 3.8) is 0 Å². The number of hydrogen-bond donors (Lipinski definition) is 1. The summed E-state index contributed by atoms with van der Waals surface area (Å²) >= 11 is 3.39. The van der Waals surface area contributed by atoms with Crippen molar-refractivity contribution in [1.82, 2.24) is 24.9 Å². The molecule has 0 aliphatic rings. The standard InChI is InChI=1S/C14H18BrF2N5O/c1-4-21-12(10(15)6-19-21)7-18-14(23)9(3)22-8(2)5-11(20-22)13(16)17/h5-6,9,13H,4,7H2,1-3H3,(H,18,23). The second-order valence-electron chi connectivity index (χ2n) is 5.10. The molecule has 0 aliphatic heterocycles. The zero-order valence-electron chi connectivity index (χ0n) is 13.1. The molecule has 1 amide bonds. The van der Waals surface area contributed by atoms with Crippen LogP contribution < -0.4 is 5.32 Å². The van der Waals surface area contributed by atoms with E-state index in [4.69, 9.17) is 0 Å². The van der Waals surface area contributed by atoms with E-state index in [9.17, 15) is 13.6 Å². The van der Waals surface area contributed by atoms with Gasteiger partial charge in [0.05, 0.1) is 22.9 Å². The third kappa shape index (κ3) is 3.77. The number of hydrogen-bond acceptors (Lipinski definition) is 3. The van der Waals surface area contributed by atoms with E-state index in [1.165, 1.54) is 10.7 Å². The first-order chi connectivity index (χ1) is 10.8. The largest absolute Gasteiger partial charge is 0.349 e. The minimum atomic E-state index is -2.65. The molecule has 0 saturated heterocycles. The van der Waals surface area contributed by atoms with E-state index >= 15 is 0 Å². The van der Waals surface area contributed by atoms with Gasteiger partial charge in [-0.2, -0.15) is 10.2 Å². The number of amides is 1. The summed E-state index contributed by atoms with van der Waals surface area (Å²) < 4.78 is 29.3. The molecule has 23 heavy (non-hydrogen) atoms. The minimum Gasteiger partial charge on any atom is -0.349 e. The van der Waals surface area contributed by atoms with E-state index in [0.717, 1.165) is 10.2 Å². The molecule has 0 spiro atoms. The molecule has 0 saturated carbocycles. The Hall–Kier alpha value is -1.77. The van der Waals surface area contributed by atoms with E-state index in [1.54, 1.807) is 24.7 Å². The molecule has 1 unspecified atom stereocenters. The Balaban J connectivity index is 2.07. The number of aryl methyl sites for hydroxylation is 2. The first-order valence-electron chi connectivity index (χ1n) is 7.17. The highest BCUT2D eigenvalue weighted by Crippen LogP contribution is 2.21. The number of carbonyl (C=O) groups excluding carboxylic acids is 1. The lowest BCUT2D eigenvalue weighted by Gasteiger charge is -2.15. The van der Waals surface area contributed by atoms with Crippen molar-refractivity contribution in [3.05, 3.63) is 33.8 Å². The predicted molar refractivity (Wildman–Crippen MR) is 84.1 cm³/mol. The summed E-state index contributed by atoms with van der Waals surface area (Å²) in [6, 6.07) is 0.608. The van der Waals surface area contributed by atoms with E-state index in [2.05, 4.69) is 31.4 Å². The molecule has 6 nitrogen and oxygen atoms in total. The molecule has 9 heteroatoms. The average molecular weight is 390 g/mol. The molecule has 126 valence electrons. The van der Waals surface area contributed by atoms with Gasteiger partial charge in [0, 0.05) is 12.2 Å². The van der Waals surface area contributed by atoms with Crippen LogP contribution in [-0.4, -0.2) is 25.5 Å². The maximum atomic E-state index is 12.7. The third-order valence-corrected chi connectivity index (χ3v) is 4.20. The quantitative estimate of drug-likeness (QED) is 0.825. The van der Waals surface area contributed by atoms with Gasteiger partial charge in [-0.3, -0.25) is 14.2 Å². The zero-order chi connectivity index (χ0) is 17.1. The van der Waals surface area contributed by atoms with Gasteiger partial charge in [0.25, 0.3) is 6.43 Å². The molecule has 2 heterocycles. The Labute approximate surface area is 141 Å². The lowest BCUT2D eigenvalue weighted by molar-refractivity contribution is -0.124. The van der Waals surface area contributed by atoms with E-state index < -0.39 is 12.5 Å². The highest BCUT2D eigenvalue weighted by atomic mass is 79.9. The lowest BCUT2D eigenvalue weighted by atomic mass is 10.3. The number of aromatic nitrogens is 4. The Bertz CT molecular complexity index is 697. The summed E-state index contributed by atoms with van der Waals surface area (Å²) in [6.07, 6.45) is -0.985. The van der Waals surface area contributed by atoms with Gasteiger partial charge in [0.2, 0.25) is 5.91 Å². The summed E-state index contributed by atoms with van der Waals surface area (Å²) in [5.41, 5.74) is 1.04. The fourth-order valence-corrected chi connectivity index (χ4v) is 2.71. The van der Waals surface area contributed by atoms with Crippen molar-refractivity contribution in [2.75, 3.05) is 0 Å². The summed E-state index contributed by atoms with van der Waals surface area (Å²) in [7, 11) is 0. The molecule has 1 atom stereocenters. The summed E-state index contributed by atoms with van der Waals surface area (Å²) in [6.45, 7) is 6.19. The van der Waals surface area contributed by atoms with Crippen LogP contribution in [-0.2, 0) is 17.9 Å². The average Bonchev–Trinajstić information content (AvgIpc) is 3.07. The molecule has 0 aliphatic carbocycles. The molecular weight excluding hydrogens is 372 g/mol. The molecule has 0 aromatic carbocycles. The number of nitrogens with zero attached hydrogens (tertiary/aromatic N) is 4. The molecule has 0 bridgehead atoms. The number of nitrogens with one attached hydrogen (secondary N) is 1. The van der Waals surface area contributed by atoms with E-state index in [-0.39, 0.29) is 11.6 Å². The van der Waals surface area contributed by atoms with Crippen molar-refractivity contribution in [1.29, 1.82) is 0 Å². The fourth-order valence-electron chi connectivity index (χ4n) is 2.28. The van der Waals surface area contributed by atoms with Crippen LogP contribution in [0.25, 0.3) is 0 Å². The smallest absolute Gasteiger partial charge is 0.282 e. The first kappa shape index (κ1) is 17.6. The highest BCUT2D eigenvalue weighted by Gasteiger charge is 2.21. The van der Waals surface area contributed by atoms with Crippen LogP contribution in [0, 0.1) is 6.92 Å². The molecule has 2 rings (SSSR count). The molecule has 0 radical (unpaired) electrons. The molecule has 1 N–H and O–H groups in total. The number of rotatable bonds is 6. The van der Waals surface area contributed by atoms with Crippen molar-refractivity contribution in [2.45, 2.75) is 46.3 Å². The Morgan fingerprint density at radius 3 is 2.74 bits per heavy atom. The lowest BCUT2D eigenvalue weighted by Crippen LogP contribution is -2.32. The van der Waals surface area contributed by atoms with Gasteiger partial charge in [0.15, 0.2) is 0 Å². The Kier molecular flexibility index (Phi) is 5.51. The molecule has 2 aromatic rings. The van der Waals surface area contributed by atoms with E-state index in [0.29, 0.717) is 18.8 Å². The summed E-state index contributed by atoms with van der Waals surface area (Å²) in [5, 5.41) is 10.8. The number of alkyl halides is 2. The summed E-state index contributed by atoms with van der Waals surface area (Å²) in [5.74, 6) is -0.298. The van der Waals surface area contributed by atoms with Crippen LogP contribution in [0.3, 0.4) is 0 Å². The first-order valence-corrected chi connectivity index (χ1v) is 7.96. The monoisotopic (exact) mass is 389 g/mol. The van der Waals surface area contributed by atoms with Crippen LogP contribution in [0.2, 0.25) is 0 Å². The topological polar surface area (TPSA) is 64.7 Å². The predicted octanol–water partition coefficient (Wildman–Crippen LogP) is 2.99. The van der Waals surface area contributed by atoms with Crippen molar-refractivity contribution in [2.24, 2.45) is 0 Å².